The van der Waals surface area contributed by atoms with E-state index in [2.05, 4.69) is 108 Å². The van der Waals surface area contributed by atoms with Gasteiger partial charge in [-0.1, -0.05) is 72.7 Å². The number of anilines is 2. The van der Waals surface area contributed by atoms with Crippen LogP contribution in [-0.2, 0) is 16.2 Å². The molecule has 0 fully saturated rings. The molecule has 166 valence electrons. The van der Waals surface area contributed by atoms with Gasteiger partial charge < -0.3 is 9.73 Å². The highest BCUT2D eigenvalue weighted by Gasteiger charge is 2.37. The number of rotatable bonds is 2. The third-order valence-corrected chi connectivity index (χ3v) is 7.49. The summed E-state index contributed by atoms with van der Waals surface area (Å²) >= 11 is 0. The van der Waals surface area contributed by atoms with Crippen molar-refractivity contribution in [2.75, 3.05) is 5.32 Å². The molecule has 5 rings (SSSR count). The van der Waals surface area contributed by atoms with Gasteiger partial charge in [-0.25, -0.2) is 0 Å². The van der Waals surface area contributed by atoms with Crippen LogP contribution in [0.25, 0.3) is 21.9 Å². The molecular formula is C30H35NO. The minimum Gasteiger partial charge on any atom is -0.454 e. The Morgan fingerprint density at radius 1 is 0.781 bits per heavy atom. The molecule has 0 saturated heterocycles. The highest BCUT2D eigenvalue weighted by Crippen LogP contribution is 2.47. The molecule has 32 heavy (non-hydrogen) atoms. The number of benzene rings is 3. The van der Waals surface area contributed by atoms with Crippen molar-refractivity contribution in [3.8, 4) is 0 Å². The third-order valence-electron chi connectivity index (χ3n) is 7.49. The zero-order chi connectivity index (χ0) is 22.9. The van der Waals surface area contributed by atoms with Gasteiger partial charge in [-0.2, -0.15) is 0 Å². The second-order valence-electron chi connectivity index (χ2n) is 11.9. The standard InChI is InChI=1S/C30H35NO/c1-28(2,3)19-11-14-26-22(17-19)21-9-8-10-25(27(21)32-26)31-20-12-13-23-24(18-20)30(6,7)16-15-29(23,4)5/h8-14,17-18,31H,15-16H2,1-7H3. The van der Waals surface area contributed by atoms with E-state index in [1.54, 1.807) is 0 Å². The predicted molar refractivity (Wildman–Crippen MR) is 137 cm³/mol. The van der Waals surface area contributed by atoms with E-state index in [-0.39, 0.29) is 16.2 Å². The van der Waals surface area contributed by atoms with E-state index in [1.807, 2.05) is 0 Å². The van der Waals surface area contributed by atoms with Crippen LogP contribution in [0.3, 0.4) is 0 Å². The van der Waals surface area contributed by atoms with Crippen LogP contribution in [0.4, 0.5) is 11.4 Å². The lowest BCUT2D eigenvalue weighted by atomic mass is 9.63. The molecule has 1 aromatic heterocycles. The summed E-state index contributed by atoms with van der Waals surface area (Å²) in [4.78, 5) is 0. The van der Waals surface area contributed by atoms with Crippen LogP contribution in [0.5, 0.6) is 0 Å². The number of fused-ring (bicyclic) bond motifs is 4. The van der Waals surface area contributed by atoms with Gasteiger partial charge in [0.15, 0.2) is 5.58 Å². The van der Waals surface area contributed by atoms with Gasteiger partial charge in [-0.3, -0.25) is 0 Å². The van der Waals surface area contributed by atoms with Crippen LogP contribution >= 0.6 is 0 Å². The van der Waals surface area contributed by atoms with Crippen LogP contribution in [0, 0.1) is 0 Å². The molecule has 0 amide bonds. The van der Waals surface area contributed by atoms with Gasteiger partial charge >= 0.3 is 0 Å². The Balaban J connectivity index is 1.59. The molecule has 0 bridgehead atoms. The number of nitrogens with one attached hydrogen (secondary N) is 1. The van der Waals surface area contributed by atoms with E-state index < -0.39 is 0 Å². The van der Waals surface area contributed by atoms with Crippen molar-refractivity contribution in [2.45, 2.75) is 77.6 Å². The van der Waals surface area contributed by atoms with E-state index in [0.29, 0.717) is 0 Å². The summed E-state index contributed by atoms with van der Waals surface area (Å²) in [6.45, 7) is 16.2. The van der Waals surface area contributed by atoms with Gasteiger partial charge in [0.05, 0.1) is 5.69 Å². The normalized spacial score (nSPS) is 17.5. The van der Waals surface area contributed by atoms with Crippen molar-refractivity contribution in [1.29, 1.82) is 0 Å². The average Bonchev–Trinajstić information content (AvgIpc) is 3.10. The fourth-order valence-corrected chi connectivity index (χ4v) is 5.19. The SMILES string of the molecule is CC(C)(C)c1ccc2oc3c(Nc4ccc5c(c4)C(C)(C)CCC5(C)C)cccc3c2c1. The van der Waals surface area contributed by atoms with Gasteiger partial charge in [-0.15, -0.1) is 0 Å². The van der Waals surface area contributed by atoms with E-state index in [4.69, 9.17) is 4.42 Å². The predicted octanol–water partition coefficient (Wildman–Crippen LogP) is 8.98. The van der Waals surface area contributed by atoms with Crippen LogP contribution in [0.2, 0.25) is 0 Å². The topological polar surface area (TPSA) is 25.2 Å². The molecule has 0 saturated carbocycles. The molecule has 0 aliphatic heterocycles. The maximum atomic E-state index is 6.35. The first kappa shape index (κ1) is 21.1. The zero-order valence-corrected chi connectivity index (χ0v) is 20.5. The van der Waals surface area contributed by atoms with Crippen LogP contribution in [0.1, 0.15) is 78.0 Å². The van der Waals surface area contributed by atoms with Gasteiger partial charge in [0, 0.05) is 16.5 Å². The largest absolute Gasteiger partial charge is 0.454 e. The molecular weight excluding hydrogens is 390 g/mol. The molecule has 1 N–H and O–H groups in total. The smallest absolute Gasteiger partial charge is 0.158 e. The summed E-state index contributed by atoms with van der Waals surface area (Å²) in [5.74, 6) is 0. The first-order valence-corrected chi connectivity index (χ1v) is 11.8. The summed E-state index contributed by atoms with van der Waals surface area (Å²) in [5.41, 5.74) is 8.80. The van der Waals surface area contributed by atoms with Crippen LogP contribution in [-0.4, -0.2) is 0 Å². The van der Waals surface area contributed by atoms with Crippen molar-refractivity contribution in [1.82, 2.24) is 0 Å². The highest BCUT2D eigenvalue weighted by atomic mass is 16.3. The van der Waals surface area contributed by atoms with E-state index >= 15 is 0 Å². The first-order valence-electron chi connectivity index (χ1n) is 11.8. The van der Waals surface area contributed by atoms with E-state index in [1.165, 1.54) is 34.9 Å². The third kappa shape index (κ3) is 3.41. The summed E-state index contributed by atoms with van der Waals surface area (Å²) in [6.07, 6.45) is 2.44. The van der Waals surface area contributed by atoms with Crippen molar-refractivity contribution in [2.24, 2.45) is 0 Å². The Labute approximate surface area is 192 Å². The second-order valence-corrected chi connectivity index (χ2v) is 11.9. The van der Waals surface area contributed by atoms with Gasteiger partial charge in [0.25, 0.3) is 0 Å². The van der Waals surface area contributed by atoms with Crippen LogP contribution < -0.4 is 5.32 Å². The quantitative estimate of drug-likeness (QED) is 0.346. The van der Waals surface area contributed by atoms with Crippen LogP contribution in [0.15, 0.2) is 59.0 Å². The second kappa shape index (κ2) is 6.88. The van der Waals surface area contributed by atoms with Crippen molar-refractivity contribution in [3.05, 3.63) is 71.3 Å². The average molecular weight is 426 g/mol. The summed E-state index contributed by atoms with van der Waals surface area (Å²) in [5, 5.41) is 6.02. The number of hydrogen-bond acceptors (Lipinski definition) is 2. The lowest BCUT2D eigenvalue weighted by Gasteiger charge is -2.42. The lowest BCUT2D eigenvalue weighted by Crippen LogP contribution is -2.33. The fraction of sp³-hybridized carbons (Fsp3) is 0.400. The number of para-hydroxylation sites is 1. The molecule has 0 spiro atoms. The van der Waals surface area contributed by atoms with Gasteiger partial charge in [0.1, 0.15) is 5.58 Å². The van der Waals surface area contributed by atoms with Gasteiger partial charge in [0.2, 0.25) is 0 Å². The molecule has 1 aliphatic carbocycles. The molecule has 4 aromatic rings. The van der Waals surface area contributed by atoms with E-state index in [9.17, 15) is 0 Å². The maximum Gasteiger partial charge on any atom is 0.158 e. The van der Waals surface area contributed by atoms with E-state index in [0.717, 1.165) is 27.9 Å². The molecule has 0 radical (unpaired) electrons. The van der Waals surface area contributed by atoms with Gasteiger partial charge in [-0.05, 0) is 76.1 Å². The monoisotopic (exact) mass is 425 g/mol. The Hall–Kier alpha value is -2.74. The molecule has 0 unspecified atom stereocenters. The summed E-state index contributed by atoms with van der Waals surface area (Å²) < 4.78 is 6.35. The number of hydrogen-bond donors (Lipinski definition) is 1. The summed E-state index contributed by atoms with van der Waals surface area (Å²) in [6, 6.07) is 19.9. The van der Waals surface area contributed by atoms with Crippen molar-refractivity contribution >= 4 is 33.3 Å². The Bertz CT molecular complexity index is 1330. The Morgan fingerprint density at radius 2 is 1.50 bits per heavy atom. The first-order chi connectivity index (χ1) is 15.0. The number of furan rings is 1. The minimum absolute atomic E-state index is 0.108. The molecule has 1 heterocycles. The molecule has 3 aromatic carbocycles. The highest BCUT2D eigenvalue weighted by molar-refractivity contribution is 6.09. The minimum atomic E-state index is 0.108. The lowest BCUT2D eigenvalue weighted by molar-refractivity contribution is 0.332. The summed E-state index contributed by atoms with van der Waals surface area (Å²) in [7, 11) is 0. The Morgan fingerprint density at radius 3 is 2.22 bits per heavy atom. The fourth-order valence-electron chi connectivity index (χ4n) is 5.19. The van der Waals surface area contributed by atoms with Crippen molar-refractivity contribution < 1.29 is 4.42 Å². The molecule has 2 nitrogen and oxygen atoms in total. The molecule has 1 aliphatic rings. The maximum absolute atomic E-state index is 6.35. The zero-order valence-electron chi connectivity index (χ0n) is 20.5. The molecule has 2 heteroatoms. The molecule has 0 atom stereocenters. The Kier molecular flexibility index (Phi) is 4.54. The van der Waals surface area contributed by atoms with Crippen molar-refractivity contribution in [3.63, 3.8) is 0 Å².